The van der Waals surface area contributed by atoms with E-state index in [1.165, 1.54) is 5.69 Å². The molecule has 2 N–H and O–H groups in total. The van der Waals surface area contributed by atoms with E-state index in [0.717, 1.165) is 56.9 Å². The highest BCUT2D eigenvalue weighted by molar-refractivity contribution is 9.10. The molecular weight excluding hydrogens is 647 g/mol. The van der Waals surface area contributed by atoms with E-state index in [0.29, 0.717) is 56.6 Å². The van der Waals surface area contributed by atoms with Crippen molar-refractivity contribution in [2.24, 2.45) is 0 Å². The second-order valence-corrected chi connectivity index (χ2v) is 15.8. The molecule has 0 aliphatic carbocycles. The molecule has 4 heterocycles. The van der Waals surface area contributed by atoms with Gasteiger partial charge in [0.2, 0.25) is 12.7 Å². The smallest absolute Gasteiger partial charge is 0.231 e. The van der Waals surface area contributed by atoms with Crippen LogP contribution < -0.4 is 35.0 Å². The fraction of sp³-hybridized carbons (Fsp3) is 0.484. The minimum Gasteiger partial charge on any atom is -0.494 e. The lowest BCUT2D eigenvalue weighted by molar-refractivity contribution is -0.0712. The summed E-state index contributed by atoms with van der Waals surface area (Å²) in [7, 11) is -1.06. The molecule has 0 bridgehead atoms. The van der Waals surface area contributed by atoms with Crippen LogP contribution in [0.1, 0.15) is 25.3 Å². The summed E-state index contributed by atoms with van der Waals surface area (Å²) in [5, 5.41) is 7.26. The quantitative estimate of drug-likeness (QED) is 0.256. The van der Waals surface area contributed by atoms with Crippen molar-refractivity contribution in [2.45, 2.75) is 38.8 Å². The molecule has 0 radical (unpaired) electrons. The normalized spacial score (nSPS) is 17.5. The number of fused-ring (bicyclic) bond motifs is 1. The maximum atomic E-state index is 13.3. The molecular formula is C31H40BrN6O5P. The monoisotopic (exact) mass is 686 g/mol. The van der Waals surface area contributed by atoms with Crippen LogP contribution in [0.3, 0.4) is 0 Å². The molecule has 3 aliphatic heterocycles. The lowest BCUT2D eigenvalue weighted by Gasteiger charge is -2.47. The van der Waals surface area contributed by atoms with Gasteiger partial charge >= 0.3 is 0 Å². The number of nitrogens with one attached hydrogen (secondary N) is 2. The maximum absolute atomic E-state index is 13.3. The third-order valence-corrected chi connectivity index (χ3v) is 10.5. The number of likely N-dealkylation sites (tertiary alicyclic amines) is 1. The van der Waals surface area contributed by atoms with Gasteiger partial charge in [0, 0.05) is 56.8 Å². The Morgan fingerprint density at radius 3 is 2.59 bits per heavy atom. The van der Waals surface area contributed by atoms with Crippen LogP contribution in [0.5, 0.6) is 17.2 Å². The second kappa shape index (κ2) is 12.7. The lowest BCUT2D eigenvalue weighted by atomic mass is 9.97. The van der Waals surface area contributed by atoms with Crippen molar-refractivity contribution in [3.05, 3.63) is 40.5 Å². The van der Waals surface area contributed by atoms with Crippen LogP contribution in [0, 0.1) is 6.92 Å². The molecule has 0 amide bonds. The summed E-state index contributed by atoms with van der Waals surface area (Å²) < 4.78 is 36.7. The molecule has 1 aromatic heterocycles. The summed E-state index contributed by atoms with van der Waals surface area (Å²) >= 11 is 3.56. The van der Waals surface area contributed by atoms with Gasteiger partial charge in [-0.1, -0.05) is 0 Å². The number of rotatable bonds is 10. The van der Waals surface area contributed by atoms with E-state index in [1.807, 2.05) is 6.07 Å². The van der Waals surface area contributed by atoms with Crippen LogP contribution >= 0.6 is 23.1 Å². The summed E-state index contributed by atoms with van der Waals surface area (Å²) in [6.07, 6.45) is 4.35. The average Bonchev–Trinajstić information content (AvgIpc) is 3.45. The molecule has 3 aliphatic rings. The maximum Gasteiger partial charge on any atom is 0.231 e. The standard InChI is InChI=1S/C31H40BrN6O5P/c1-6-41-21-16-38(17-21)20-9-11-37(12-10-20)25-14-27(40-3)24(13-19(25)2)35-31-33-15-22(32)30(36-31)34-23-7-8-26-28(43-18-42-26)29(23)44(4,5)39/h7-8,13-15,20-21H,6,9-12,16-18H2,1-5H3,(H2,33,34,35,36). The Bertz CT molecular complexity index is 1570. The molecule has 3 aromatic rings. The number of anilines is 5. The number of aromatic nitrogens is 2. The van der Waals surface area contributed by atoms with E-state index in [-0.39, 0.29) is 6.79 Å². The molecule has 11 nitrogen and oxygen atoms in total. The molecule has 44 heavy (non-hydrogen) atoms. The minimum absolute atomic E-state index is 0.101. The highest BCUT2D eigenvalue weighted by Crippen LogP contribution is 2.47. The lowest BCUT2D eigenvalue weighted by Crippen LogP contribution is -2.58. The molecule has 0 saturated carbocycles. The van der Waals surface area contributed by atoms with E-state index in [4.69, 9.17) is 23.9 Å². The molecule has 2 fully saturated rings. The van der Waals surface area contributed by atoms with E-state index in [2.05, 4.69) is 67.3 Å². The van der Waals surface area contributed by atoms with Gasteiger partial charge in [-0.05, 0) is 79.7 Å². The Morgan fingerprint density at radius 1 is 1.11 bits per heavy atom. The summed E-state index contributed by atoms with van der Waals surface area (Å²) in [6.45, 7) is 12.6. The van der Waals surface area contributed by atoms with Gasteiger partial charge in [-0.25, -0.2) is 4.98 Å². The van der Waals surface area contributed by atoms with Gasteiger partial charge in [-0.15, -0.1) is 0 Å². The van der Waals surface area contributed by atoms with Gasteiger partial charge in [0.15, 0.2) is 11.5 Å². The van der Waals surface area contributed by atoms with Gasteiger partial charge < -0.3 is 39.0 Å². The summed E-state index contributed by atoms with van der Waals surface area (Å²) in [5.74, 6) is 2.71. The van der Waals surface area contributed by atoms with E-state index >= 15 is 0 Å². The second-order valence-electron chi connectivity index (χ2n) is 11.8. The zero-order valence-electron chi connectivity index (χ0n) is 25.9. The zero-order chi connectivity index (χ0) is 31.0. The Balaban J connectivity index is 1.17. The number of nitrogens with zero attached hydrogens (tertiary/aromatic N) is 4. The van der Waals surface area contributed by atoms with E-state index in [9.17, 15) is 4.57 Å². The average molecular weight is 688 g/mol. The van der Waals surface area contributed by atoms with Gasteiger partial charge in [-0.3, -0.25) is 4.90 Å². The van der Waals surface area contributed by atoms with E-state index in [1.54, 1.807) is 32.7 Å². The van der Waals surface area contributed by atoms with Crippen molar-refractivity contribution in [2.75, 3.05) is 75.6 Å². The number of halogens is 1. The fourth-order valence-electron chi connectivity index (χ4n) is 6.22. The predicted octanol–water partition coefficient (Wildman–Crippen LogP) is 5.71. The first-order valence-corrected chi connectivity index (χ1v) is 18.4. The molecule has 0 unspecified atom stereocenters. The van der Waals surface area contributed by atoms with Gasteiger partial charge in [0.1, 0.15) is 18.7 Å². The van der Waals surface area contributed by atoms with Crippen molar-refractivity contribution >= 4 is 57.2 Å². The Kier molecular flexibility index (Phi) is 8.97. The highest BCUT2D eigenvalue weighted by Gasteiger charge is 2.35. The number of ether oxygens (including phenoxy) is 4. The molecule has 0 atom stereocenters. The molecule has 2 saturated heterocycles. The van der Waals surface area contributed by atoms with Crippen LogP contribution in [0.2, 0.25) is 0 Å². The number of benzene rings is 2. The van der Waals surface area contributed by atoms with Crippen molar-refractivity contribution in [3.63, 3.8) is 0 Å². The van der Waals surface area contributed by atoms with Crippen LogP contribution in [0.4, 0.5) is 28.8 Å². The molecule has 0 spiro atoms. The number of piperidine rings is 1. The van der Waals surface area contributed by atoms with Gasteiger partial charge in [0.05, 0.1) is 34.4 Å². The zero-order valence-corrected chi connectivity index (χ0v) is 28.3. The summed E-state index contributed by atoms with van der Waals surface area (Å²) in [6, 6.07) is 8.45. The molecule has 6 rings (SSSR count). The predicted molar refractivity (Wildman–Crippen MR) is 178 cm³/mol. The third kappa shape index (κ3) is 6.36. The van der Waals surface area contributed by atoms with Gasteiger partial charge in [-0.2, -0.15) is 4.98 Å². The van der Waals surface area contributed by atoms with Crippen molar-refractivity contribution in [1.29, 1.82) is 0 Å². The highest BCUT2D eigenvalue weighted by atomic mass is 79.9. The summed E-state index contributed by atoms with van der Waals surface area (Å²) in [5.41, 5.74) is 3.74. The summed E-state index contributed by atoms with van der Waals surface area (Å²) in [4.78, 5) is 14.2. The first-order valence-electron chi connectivity index (χ1n) is 15.0. The number of aryl methyl sites for hydroxylation is 1. The Hall–Kier alpha value is -3.05. The first kappa shape index (κ1) is 31.0. The van der Waals surface area contributed by atoms with Crippen LogP contribution in [-0.2, 0) is 9.30 Å². The van der Waals surface area contributed by atoms with Crippen LogP contribution in [-0.4, -0.2) is 87.0 Å². The number of hydrogen-bond donors (Lipinski definition) is 2. The largest absolute Gasteiger partial charge is 0.494 e. The third-order valence-electron chi connectivity index (χ3n) is 8.41. The SMILES string of the molecule is CCOC1CN(C2CCN(c3cc(OC)c(Nc4ncc(Br)c(Nc5ccc6c(c5P(C)(C)=O)OCO6)n4)cc3C)CC2)C1. The molecule has 236 valence electrons. The van der Waals surface area contributed by atoms with E-state index < -0.39 is 7.14 Å². The van der Waals surface area contributed by atoms with Gasteiger partial charge in [0.25, 0.3) is 0 Å². The van der Waals surface area contributed by atoms with Crippen molar-refractivity contribution < 1.29 is 23.5 Å². The number of methoxy groups -OCH3 is 1. The van der Waals surface area contributed by atoms with Crippen molar-refractivity contribution in [1.82, 2.24) is 14.9 Å². The molecule has 2 aromatic carbocycles. The molecule has 13 heteroatoms. The Labute approximate surface area is 267 Å². The minimum atomic E-state index is -2.73. The fourth-order valence-corrected chi connectivity index (χ4v) is 7.89. The topological polar surface area (TPSA) is 110 Å². The van der Waals surface area contributed by atoms with Crippen molar-refractivity contribution in [3.8, 4) is 17.2 Å². The number of hydrogen-bond acceptors (Lipinski definition) is 11. The van der Waals surface area contributed by atoms with Crippen LogP contribution in [0.15, 0.2) is 34.9 Å². The Morgan fingerprint density at radius 2 is 1.89 bits per heavy atom. The van der Waals surface area contributed by atoms with Crippen LogP contribution in [0.25, 0.3) is 0 Å². The first-order chi connectivity index (χ1) is 21.1.